The summed E-state index contributed by atoms with van der Waals surface area (Å²) < 4.78 is 10.1. The number of esters is 2. The normalized spacial score (nSPS) is 15.6. The standard InChI is InChI=1S/C12H12NO4/c1-8(14)16-12(17-9(2)15)7-10-5-3-4-6-11(10)13-12/h3-6H,7H2,1-2H3. The molecule has 0 N–H and O–H groups in total. The van der Waals surface area contributed by atoms with E-state index in [-0.39, 0.29) is 6.42 Å². The molecule has 0 bridgehead atoms. The van der Waals surface area contributed by atoms with Gasteiger partial charge in [-0.2, -0.15) is 0 Å². The molecule has 89 valence electrons. The van der Waals surface area contributed by atoms with Crippen LogP contribution in [0.4, 0.5) is 5.69 Å². The molecule has 0 fully saturated rings. The summed E-state index contributed by atoms with van der Waals surface area (Å²) in [4.78, 5) is 22.1. The molecule has 17 heavy (non-hydrogen) atoms. The van der Waals surface area contributed by atoms with Gasteiger partial charge in [0.1, 0.15) is 0 Å². The number of fused-ring (bicyclic) bond motifs is 1. The molecular weight excluding hydrogens is 222 g/mol. The minimum atomic E-state index is -1.53. The number of para-hydroxylation sites is 1. The maximum absolute atomic E-state index is 11.1. The molecule has 0 unspecified atom stereocenters. The Balaban J connectivity index is 2.27. The highest BCUT2D eigenvalue weighted by Gasteiger charge is 2.45. The molecule has 0 aliphatic carbocycles. The van der Waals surface area contributed by atoms with Crippen molar-refractivity contribution in [3.05, 3.63) is 29.8 Å². The second kappa shape index (κ2) is 4.08. The molecule has 0 atom stereocenters. The van der Waals surface area contributed by atoms with E-state index < -0.39 is 17.8 Å². The summed E-state index contributed by atoms with van der Waals surface area (Å²) in [5, 5.41) is 4.18. The number of nitrogens with zero attached hydrogens (tertiary/aromatic N) is 1. The predicted molar refractivity (Wildman–Crippen MR) is 58.2 cm³/mol. The lowest BCUT2D eigenvalue weighted by atomic mass is 10.1. The fourth-order valence-electron chi connectivity index (χ4n) is 1.82. The van der Waals surface area contributed by atoms with Crippen LogP contribution in [0.2, 0.25) is 0 Å². The topological polar surface area (TPSA) is 66.7 Å². The van der Waals surface area contributed by atoms with Gasteiger partial charge in [-0.25, -0.2) is 5.32 Å². The molecule has 0 saturated heterocycles. The summed E-state index contributed by atoms with van der Waals surface area (Å²) in [5.41, 5.74) is 1.56. The Morgan fingerprint density at radius 1 is 1.18 bits per heavy atom. The summed E-state index contributed by atoms with van der Waals surface area (Å²) in [6.07, 6.45) is 0.252. The zero-order chi connectivity index (χ0) is 12.5. The summed E-state index contributed by atoms with van der Waals surface area (Å²) in [5.74, 6) is -2.60. The number of hydrogen-bond donors (Lipinski definition) is 0. The number of benzene rings is 1. The van der Waals surface area contributed by atoms with Gasteiger partial charge in [0.2, 0.25) is 0 Å². The molecule has 0 saturated carbocycles. The number of carbonyl (C=O) groups is 2. The molecule has 5 heteroatoms. The molecule has 1 heterocycles. The molecule has 0 aromatic heterocycles. The van der Waals surface area contributed by atoms with Crippen LogP contribution in [0.3, 0.4) is 0 Å². The highest BCUT2D eigenvalue weighted by molar-refractivity contribution is 5.70. The first-order valence-electron chi connectivity index (χ1n) is 5.21. The predicted octanol–water partition coefficient (Wildman–Crippen LogP) is 1.26. The van der Waals surface area contributed by atoms with E-state index in [0.717, 1.165) is 5.56 Å². The SMILES string of the molecule is CC(=O)OC1(OC(C)=O)Cc2ccccc2[N]1. The van der Waals surface area contributed by atoms with Gasteiger partial charge in [-0.15, -0.1) is 0 Å². The highest BCUT2D eigenvalue weighted by Crippen LogP contribution is 2.34. The van der Waals surface area contributed by atoms with Gasteiger partial charge < -0.3 is 9.47 Å². The van der Waals surface area contributed by atoms with Crippen molar-refractivity contribution >= 4 is 17.6 Å². The maximum atomic E-state index is 11.1. The van der Waals surface area contributed by atoms with E-state index in [1.54, 1.807) is 6.07 Å². The molecule has 0 spiro atoms. The van der Waals surface area contributed by atoms with Crippen molar-refractivity contribution in [2.75, 3.05) is 0 Å². The summed E-state index contributed by atoms with van der Waals surface area (Å²) in [6, 6.07) is 7.31. The molecule has 1 aromatic carbocycles. The van der Waals surface area contributed by atoms with Crippen molar-refractivity contribution in [2.24, 2.45) is 0 Å². The van der Waals surface area contributed by atoms with Crippen LogP contribution in [0.1, 0.15) is 19.4 Å². The van der Waals surface area contributed by atoms with Crippen LogP contribution in [0.15, 0.2) is 24.3 Å². The molecule has 5 nitrogen and oxygen atoms in total. The lowest BCUT2D eigenvalue weighted by Gasteiger charge is -2.25. The number of carbonyl (C=O) groups excluding carboxylic acids is 2. The van der Waals surface area contributed by atoms with Crippen molar-refractivity contribution < 1.29 is 19.1 Å². The smallest absolute Gasteiger partial charge is 0.364 e. The van der Waals surface area contributed by atoms with Crippen molar-refractivity contribution in [1.29, 1.82) is 0 Å². The van der Waals surface area contributed by atoms with Crippen LogP contribution in [0, 0.1) is 0 Å². The minimum absolute atomic E-state index is 0.252. The highest BCUT2D eigenvalue weighted by atomic mass is 16.7. The first-order valence-corrected chi connectivity index (χ1v) is 5.21. The Morgan fingerprint density at radius 3 is 2.29 bits per heavy atom. The molecule has 0 amide bonds. The zero-order valence-corrected chi connectivity index (χ0v) is 9.60. The Kier molecular flexibility index (Phi) is 2.75. The Bertz CT molecular complexity index is 426. The third kappa shape index (κ3) is 2.38. The van der Waals surface area contributed by atoms with Gasteiger partial charge in [-0.1, -0.05) is 18.2 Å². The van der Waals surface area contributed by atoms with Crippen LogP contribution in [-0.2, 0) is 25.5 Å². The molecule has 1 aromatic rings. The van der Waals surface area contributed by atoms with Gasteiger partial charge in [0.25, 0.3) is 0 Å². The Morgan fingerprint density at radius 2 is 1.76 bits per heavy atom. The van der Waals surface area contributed by atoms with Crippen molar-refractivity contribution in [1.82, 2.24) is 5.32 Å². The molecule has 2 rings (SSSR count). The average molecular weight is 234 g/mol. The molecule has 1 radical (unpaired) electrons. The lowest BCUT2D eigenvalue weighted by molar-refractivity contribution is -0.231. The quantitative estimate of drug-likeness (QED) is 0.570. The van der Waals surface area contributed by atoms with Gasteiger partial charge in [0, 0.05) is 13.8 Å². The third-order valence-corrected chi connectivity index (χ3v) is 2.30. The molecule has 1 aliphatic rings. The monoisotopic (exact) mass is 234 g/mol. The van der Waals surface area contributed by atoms with Crippen LogP contribution >= 0.6 is 0 Å². The first kappa shape index (κ1) is 11.4. The van der Waals surface area contributed by atoms with E-state index in [9.17, 15) is 9.59 Å². The Hall–Kier alpha value is -2.04. The summed E-state index contributed by atoms with van der Waals surface area (Å²) >= 11 is 0. The Labute approximate surface area is 98.7 Å². The molecule has 1 aliphatic heterocycles. The largest absolute Gasteiger partial charge is 0.402 e. The maximum Gasteiger partial charge on any atom is 0.364 e. The van der Waals surface area contributed by atoms with E-state index in [0.29, 0.717) is 5.69 Å². The van der Waals surface area contributed by atoms with E-state index in [4.69, 9.17) is 9.47 Å². The van der Waals surface area contributed by atoms with Gasteiger partial charge in [0.15, 0.2) is 0 Å². The summed E-state index contributed by atoms with van der Waals surface area (Å²) in [6.45, 7) is 2.51. The zero-order valence-electron chi connectivity index (χ0n) is 9.60. The van der Waals surface area contributed by atoms with Gasteiger partial charge in [-0.3, -0.25) is 9.59 Å². The fourth-order valence-corrected chi connectivity index (χ4v) is 1.82. The van der Waals surface area contributed by atoms with Crippen molar-refractivity contribution in [2.45, 2.75) is 26.2 Å². The minimum Gasteiger partial charge on any atom is -0.402 e. The van der Waals surface area contributed by atoms with Gasteiger partial charge >= 0.3 is 17.8 Å². The van der Waals surface area contributed by atoms with Gasteiger partial charge in [0.05, 0.1) is 12.1 Å². The second-order valence-electron chi connectivity index (χ2n) is 3.82. The molecular formula is C12H12NO4. The van der Waals surface area contributed by atoms with Crippen LogP contribution in [0.25, 0.3) is 0 Å². The van der Waals surface area contributed by atoms with E-state index in [1.807, 2.05) is 18.2 Å². The third-order valence-electron chi connectivity index (χ3n) is 2.30. The number of hydrogen-bond acceptors (Lipinski definition) is 4. The van der Waals surface area contributed by atoms with Crippen LogP contribution < -0.4 is 5.32 Å². The van der Waals surface area contributed by atoms with E-state index >= 15 is 0 Å². The average Bonchev–Trinajstić information content (AvgIpc) is 2.52. The van der Waals surface area contributed by atoms with Crippen molar-refractivity contribution in [3.63, 3.8) is 0 Å². The van der Waals surface area contributed by atoms with Crippen molar-refractivity contribution in [3.8, 4) is 0 Å². The van der Waals surface area contributed by atoms with E-state index in [2.05, 4.69) is 5.32 Å². The summed E-state index contributed by atoms with van der Waals surface area (Å²) in [7, 11) is 0. The fraction of sp³-hybridized carbons (Fsp3) is 0.333. The van der Waals surface area contributed by atoms with Crippen LogP contribution in [-0.4, -0.2) is 17.8 Å². The first-order chi connectivity index (χ1) is 8.01. The van der Waals surface area contributed by atoms with Gasteiger partial charge in [-0.05, 0) is 11.6 Å². The van der Waals surface area contributed by atoms with Crippen LogP contribution in [0.5, 0.6) is 0 Å². The lowest BCUT2D eigenvalue weighted by Crippen LogP contribution is -2.44. The number of ether oxygens (including phenoxy) is 2. The second-order valence-corrected chi connectivity index (χ2v) is 3.82. The number of rotatable bonds is 2. The van der Waals surface area contributed by atoms with E-state index in [1.165, 1.54) is 13.8 Å².